The van der Waals surface area contributed by atoms with Crippen molar-refractivity contribution in [2.75, 3.05) is 19.7 Å². The molecule has 8 heteroatoms. The van der Waals surface area contributed by atoms with Crippen LogP contribution in [0.25, 0.3) is 0 Å². The van der Waals surface area contributed by atoms with Crippen molar-refractivity contribution in [3.05, 3.63) is 64.4 Å². The third-order valence-corrected chi connectivity index (χ3v) is 5.37. The Kier molecular flexibility index (Phi) is 8.06. The highest BCUT2D eigenvalue weighted by Crippen LogP contribution is 2.09. The van der Waals surface area contributed by atoms with Gasteiger partial charge in [-0.1, -0.05) is 24.3 Å². The number of ether oxygens (including phenoxy) is 1. The number of nitrogens with one attached hydrogen (secondary N) is 2. The van der Waals surface area contributed by atoms with Crippen LogP contribution in [0.4, 0.5) is 0 Å². The molecule has 0 aliphatic carbocycles. The molecule has 0 spiro atoms. The Morgan fingerprint density at radius 1 is 1.10 bits per heavy atom. The van der Waals surface area contributed by atoms with Gasteiger partial charge in [-0.2, -0.15) is 0 Å². The number of thiophene rings is 1. The van der Waals surface area contributed by atoms with Gasteiger partial charge in [0.15, 0.2) is 11.8 Å². The molecule has 2 heterocycles. The second-order valence-electron chi connectivity index (χ2n) is 6.59. The molecule has 1 aromatic carbocycles. The van der Waals surface area contributed by atoms with Crippen LogP contribution in [0, 0.1) is 6.92 Å². The van der Waals surface area contributed by atoms with E-state index in [4.69, 9.17) is 4.74 Å². The summed E-state index contributed by atoms with van der Waals surface area (Å²) >= 11 is 1.77. The first kappa shape index (κ1) is 20.9. The molecule has 154 valence electrons. The van der Waals surface area contributed by atoms with E-state index >= 15 is 0 Å². The van der Waals surface area contributed by atoms with Gasteiger partial charge in [0.05, 0.1) is 6.61 Å². The Morgan fingerprint density at radius 3 is 2.66 bits per heavy atom. The predicted octanol–water partition coefficient (Wildman–Crippen LogP) is 2.93. The maximum absolute atomic E-state index is 5.75. The van der Waals surface area contributed by atoms with Crippen molar-refractivity contribution >= 4 is 17.3 Å². The lowest BCUT2D eigenvalue weighted by Gasteiger charge is -2.13. The minimum absolute atomic E-state index is 0.478. The van der Waals surface area contributed by atoms with Crippen LogP contribution in [0.2, 0.25) is 0 Å². The molecule has 0 saturated heterocycles. The van der Waals surface area contributed by atoms with E-state index in [0.29, 0.717) is 13.2 Å². The van der Waals surface area contributed by atoms with Crippen molar-refractivity contribution in [2.45, 2.75) is 26.3 Å². The first-order chi connectivity index (χ1) is 14.2. The van der Waals surface area contributed by atoms with Crippen LogP contribution >= 0.6 is 11.3 Å². The summed E-state index contributed by atoms with van der Waals surface area (Å²) in [5, 5.41) is 17.2. The number of guanidine groups is 1. The number of aliphatic imine (C=N–C) groups is 1. The number of para-hydroxylation sites is 1. The fourth-order valence-corrected chi connectivity index (χ4v) is 3.37. The van der Waals surface area contributed by atoms with Crippen molar-refractivity contribution < 1.29 is 4.74 Å². The molecule has 3 aromatic rings. The normalized spacial score (nSPS) is 11.4. The van der Waals surface area contributed by atoms with E-state index in [1.807, 2.05) is 48.9 Å². The monoisotopic (exact) mass is 412 g/mol. The molecule has 0 fully saturated rings. The number of hydrogen-bond acceptors (Lipinski definition) is 5. The number of aryl methyl sites for hydroxylation is 1. The minimum Gasteiger partial charge on any atom is -0.494 e. The SMILES string of the molecule is Cc1nnc(CN=C(NCCCOc2ccccc2)NCCc2cccs2)n1C. The van der Waals surface area contributed by atoms with Gasteiger partial charge in [-0.05, 0) is 43.3 Å². The summed E-state index contributed by atoms with van der Waals surface area (Å²) in [6, 6.07) is 14.1. The van der Waals surface area contributed by atoms with Crippen molar-refractivity contribution in [1.29, 1.82) is 0 Å². The molecule has 0 aliphatic heterocycles. The first-order valence-electron chi connectivity index (χ1n) is 9.79. The summed E-state index contributed by atoms with van der Waals surface area (Å²) in [6.45, 7) is 4.67. The van der Waals surface area contributed by atoms with Crippen LogP contribution in [-0.2, 0) is 20.0 Å². The van der Waals surface area contributed by atoms with Crippen molar-refractivity contribution in [3.8, 4) is 5.75 Å². The van der Waals surface area contributed by atoms with Crippen LogP contribution in [0.3, 0.4) is 0 Å². The molecule has 0 amide bonds. The third kappa shape index (κ3) is 6.90. The quantitative estimate of drug-likeness (QED) is 0.304. The van der Waals surface area contributed by atoms with E-state index in [-0.39, 0.29) is 0 Å². The Morgan fingerprint density at radius 2 is 1.93 bits per heavy atom. The highest BCUT2D eigenvalue weighted by molar-refractivity contribution is 7.09. The number of nitrogens with zero attached hydrogens (tertiary/aromatic N) is 4. The molecule has 2 aromatic heterocycles. The first-order valence-corrected chi connectivity index (χ1v) is 10.7. The lowest BCUT2D eigenvalue weighted by Crippen LogP contribution is -2.39. The average Bonchev–Trinajstić information content (AvgIpc) is 3.37. The zero-order valence-corrected chi connectivity index (χ0v) is 17.8. The largest absolute Gasteiger partial charge is 0.494 e. The summed E-state index contributed by atoms with van der Waals surface area (Å²) in [4.78, 5) is 6.03. The fraction of sp³-hybridized carbons (Fsp3) is 0.381. The number of aromatic nitrogens is 3. The van der Waals surface area contributed by atoms with E-state index in [2.05, 4.69) is 43.3 Å². The molecule has 0 radical (unpaired) electrons. The summed E-state index contributed by atoms with van der Waals surface area (Å²) in [5.41, 5.74) is 0. The fourth-order valence-electron chi connectivity index (χ4n) is 2.66. The van der Waals surface area contributed by atoms with Crippen LogP contribution in [0.1, 0.15) is 22.9 Å². The molecule has 0 atom stereocenters. The van der Waals surface area contributed by atoms with Crippen molar-refractivity contribution in [1.82, 2.24) is 25.4 Å². The van der Waals surface area contributed by atoms with Gasteiger partial charge in [-0.25, -0.2) is 4.99 Å². The van der Waals surface area contributed by atoms with Crippen LogP contribution in [0.5, 0.6) is 5.75 Å². The molecule has 2 N–H and O–H groups in total. The smallest absolute Gasteiger partial charge is 0.191 e. The number of rotatable bonds is 10. The van der Waals surface area contributed by atoms with Gasteiger partial charge in [0.1, 0.15) is 18.1 Å². The van der Waals surface area contributed by atoms with E-state index in [9.17, 15) is 0 Å². The van der Waals surface area contributed by atoms with E-state index in [1.54, 1.807) is 11.3 Å². The van der Waals surface area contributed by atoms with E-state index < -0.39 is 0 Å². The Labute approximate surface area is 175 Å². The molecule has 29 heavy (non-hydrogen) atoms. The molecule has 3 rings (SSSR count). The average molecular weight is 413 g/mol. The maximum atomic E-state index is 5.75. The minimum atomic E-state index is 0.478. The maximum Gasteiger partial charge on any atom is 0.191 e. The summed E-state index contributed by atoms with van der Waals surface area (Å²) in [5.74, 6) is 3.40. The van der Waals surface area contributed by atoms with Crippen molar-refractivity contribution in [3.63, 3.8) is 0 Å². The second kappa shape index (κ2) is 11.2. The Bertz CT molecular complexity index is 876. The predicted molar refractivity (Wildman–Crippen MR) is 117 cm³/mol. The highest BCUT2D eigenvalue weighted by atomic mass is 32.1. The van der Waals surface area contributed by atoms with Gasteiger partial charge < -0.3 is 19.9 Å². The molecule has 0 unspecified atom stereocenters. The summed E-state index contributed by atoms with van der Waals surface area (Å²) in [6.07, 6.45) is 1.85. The van der Waals surface area contributed by atoms with Gasteiger partial charge in [0.25, 0.3) is 0 Å². The van der Waals surface area contributed by atoms with E-state index in [0.717, 1.165) is 49.3 Å². The molecule has 0 saturated carbocycles. The van der Waals surface area contributed by atoms with Gasteiger partial charge in [-0.15, -0.1) is 21.5 Å². The van der Waals surface area contributed by atoms with Crippen LogP contribution in [-0.4, -0.2) is 40.4 Å². The van der Waals surface area contributed by atoms with Crippen molar-refractivity contribution in [2.24, 2.45) is 12.0 Å². The Balaban J connectivity index is 1.47. The highest BCUT2D eigenvalue weighted by Gasteiger charge is 2.05. The molecular weight excluding hydrogens is 384 g/mol. The van der Waals surface area contributed by atoms with Crippen LogP contribution in [0.15, 0.2) is 52.8 Å². The molecule has 0 bridgehead atoms. The molecular formula is C21H28N6OS. The van der Waals surface area contributed by atoms with Gasteiger partial charge in [0.2, 0.25) is 0 Å². The third-order valence-electron chi connectivity index (χ3n) is 4.43. The zero-order valence-electron chi connectivity index (χ0n) is 17.0. The van der Waals surface area contributed by atoms with Gasteiger partial charge >= 0.3 is 0 Å². The lowest BCUT2D eigenvalue weighted by molar-refractivity contribution is 0.311. The van der Waals surface area contributed by atoms with Gasteiger partial charge in [0, 0.05) is 25.0 Å². The molecule has 0 aliphatic rings. The molecule has 7 nitrogen and oxygen atoms in total. The van der Waals surface area contributed by atoms with Gasteiger partial charge in [-0.3, -0.25) is 0 Å². The number of hydrogen-bond donors (Lipinski definition) is 2. The van der Waals surface area contributed by atoms with E-state index in [1.165, 1.54) is 4.88 Å². The topological polar surface area (TPSA) is 76.4 Å². The Hall–Kier alpha value is -2.87. The lowest BCUT2D eigenvalue weighted by atomic mass is 10.3. The standard InChI is InChI=1S/C21H28N6OS/c1-17-25-26-20(27(17)2)16-24-21(23-13-11-19-10-6-15-29-19)22-12-7-14-28-18-8-4-3-5-9-18/h3-6,8-10,15H,7,11-14,16H2,1-2H3,(H2,22,23,24). The van der Waals surface area contributed by atoms with Crippen LogP contribution < -0.4 is 15.4 Å². The number of benzene rings is 1. The summed E-state index contributed by atoms with van der Waals surface area (Å²) < 4.78 is 7.70. The second-order valence-corrected chi connectivity index (χ2v) is 7.62. The summed E-state index contributed by atoms with van der Waals surface area (Å²) in [7, 11) is 1.96. The zero-order chi connectivity index (χ0) is 20.3.